The Bertz CT molecular complexity index is 391. The average molecular weight is 277 g/mol. The van der Waals surface area contributed by atoms with Crippen LogP contribution in [0.3, 0.4) is 0 Å². The number of piperidine rings is 1. The lowest BCUT2D eigenvalue weighted by Gasteiger charge is -2.34. The normalized spacial score (nSPS) is 26.4. The molecule has 6 heteroatoms. The van der Waals surface area contributed by atoms with E-state index in [9.17, 15) is 13.2 Å². The molecule has 2 atom stereocenters. The molecule has 1 fully saturated rings. The molecule has 0 aromatic heterocycles. The van der Waals surface area contributed by atoms with Gasteiger partial charge < -0.3 is 10.0 Å². The van der Waals surface area contributed by atoms with Crippen LogP contribution in [-0.2, 0) is 14.6 Å². The molecule has 5 nitrogen and oxygen atoms in total. The minimum atomic E-state index is -3.00. The van der Waals surface area contributed by atoms with Crippen molar-refractivity contribution < 1.29 is 18.3 Å². The van der Waals surface area contributed by atoms with Crippen LogP contribution in [0.4, 0.5) is 0 Å². The summed E-state index contributed by atoms with van der Waals surface area (Å²) in [6.07, 6.45) is 0.609. The highest BCUT2D eigenvalue weighted by atomic mass is 32.2. The van der Waals surface area contributed by atoms with Gasteiger partial charge in [-0.05, 0) is 32.7 Å². The molecule has 0 aliphatic carbocycles. The predicted octanol–water partition coefficient (Wildman–Crippen LogP) is 0.852. The molecule has 0 aromatic rings. The molecule has 106 valence electrons. The first-order valence-corrected chi connectivity index (χ1v) is 8.12. The van der Waals surface area contributed by atoms with Crippen molar-refractivity contribution in [2.24, 2.45) is 11.8 Å². The van der Waals surface area contributed by atoms with Crippen LogP contribution in [0.1, 0.15) is 27.2 Å². The van der Waals surface area contributed by atoms with Gasteiger partial charge in [-0.1, -0.05) is 6.92 Å². The van der Waals surface area contributed by atoms with Gasteiger partial charge in [-0.2, -0.15) is 0 Å². The summed E-state index contributed by atoms with van der Waals surface area (Å²) < 4.78 is 23.4. The maximum atomic E-state index is 11.7. The summed E-state index contributed by atoms with van der Waals surface area (Å²) in [5.74, 6) is -0.785. The number of carboxylic acids is 1. The molecule has 0 spiro atoms. The quantitative estimate of drug-likeness (QED) is 0.806. The van der Waals surface area contributed by atoms with E-state index in [1.54, 1.807) is 13.8 Å². The second-order valence-corrected chi connectivity index (χ2v) is 8.10. The molecule has 1 aliphatic heterocycles. The Hall–Kier alpha value is -0.620. The van der Waals surface area contributed by atoms with E-state index >= 15 is 0 Å². The average Bonchev–Trinajstić information content (AvgIpc) is 2.25. The van der Waals surface area contributed by atoms with Gasteiger partial charge in [0.2, 0.25) is 0 Å². The zero-order chi connectivity index (χ0) is 13.9. The number of nitrogens with zero attached hydrogens (tertiary/aromatic N) is 1. The summed E-state index contributed by atoms with van der Waals surface area (Å²) in [4.78, 5) is 13.0. The summed E-state index contributed by atoms with van der Waals surface area (Å²) in [7, 11) is -3.00. The Morgan fingerprint density at radius 1 is 1.44 bits per heavy atom. The van der Waals surface area contributed by atoms with Gasteiger partial charge in [0.1, 0.15) is 0 Å². The minimum absolute atomic E-state index is 0.0815. The molecule has 0 amide bonds. The number of sulfone groups is 1. The zero-order valence-electron chi connectivity index (χ0n) is 11.3. The van der Waals surface area contributed by atoms with Crippen molar-refractivity contribution in [3.05, 3.63) is 0 Å². The molecule has 0 radical (unpaired) electrons. The molecule has 1 saturated heterocycles. The van der Waals surface area contributed by atoms with E-state index in [1.807, 2.05) is 6.92 Å². The number of likely N-dealkylation sites (tertiary alicyclic amines) is 1. The maximum absolute atomic E-state index is 11.7. The summed E-state index contributed by atoms with van der Waals surface area (Å²) in [6.45, 7) is 7.15. The lowest BCUT2D eigenvalue weighted by Crippen LogP contribution is -2.44. The predicted molar refractivity (Wildman–Crippen MR) is 70.3 cm³/mol. The molecular formula is C12H23NO4S. The summed E-state index contributed by atoms with van der Waals surface area (Å²) in [6, 6.07) is 0. The Balaban J connectivity index is 2.46. The standard InChI is InChI=1S/C12H23NO4S/c1-9(2)18(16,17)7-6-13-5-4-11(12(14)15)10(3)8-13/h9-11H,4-8H2,1-3H3,(H,14,15). The van der Waals surface area contributed by atoms with Crippen molar-refractivity contribution in [3.8, 4) is 0 Å². The highest BCUT2D eigenvalue weighted by molar-refractivity contribution is 7.92. The fourth-order valence-electron chi connectivity index (χ4n) is 2.29. The number of aliphatic carboxylic acids is 1. The SMILES string of the molecule is CC1CN(CCS(=O)(=O)C(C)C)CCC1C(=O)O. The first-order valence-electron chi connectivity index (χ1n) is 6.40. The van der Waals surface area contributed by atoms with Crippen molar-refractivity contribution in [1.82, 2.24) is 4.90 Å². The van der Waals surface area contributed by atoms with Crippen molar-refractivity contribution in [2.75, 3.05) is 25.4 Å². The Kier molecular flexibility index (Phi) is 5.16. The molecule has 1 heterocycles. The number of carbonyl (C=O) groups is 1. The van der Waals surface area contributed by atoms with Gasteiger partial charge in [0, 0.05) is 13.1 Å². The third kappa shape index (κ3) is 3.95. The fourth-order valence-corrected chi connectivity index (χ4v) is 3.28. The number of carboxylic acid groups (broad SMARTS) is 1. The highest BCUT2D eigenvalue weighted by Gasteiger charge is 2.31. The van der Waals surface area contributed by atoms with Gasteiger partial charge in [-0.25, -0.2) is 8.42 Å². The number of rotatable bonds is 5. The third-order valence-electron chi connectivity index (χ3n) is 3.72. The van der Waals surface area contributed by atoms with Gasteiger partial charge in [0.25, 0.3) is 0 Å². The van der Waals surface area contributed by atoms with Crippen LogP contribution in [0.15, 0.2) is 0 Å². The fraction of sp³-hybridized carbons (Fsp3) is 0.917. The summed E-state index contributed by atoms with van der Waals surface area (Å²) >= 11 is 0. The number of hydrogen-bond donors (Lipinski definition) is 1. The van der Waals surface area contributed by atoms with E-state index in [-0.39, 0.29) is 22.8 Å². The molecule has 0 aromatic carbocycles. The monoisotopic (exact) mass is 277 g/mol. The highest BCUT2D eigenvalue weighted by Crippen LogP contribution is 2.23. The van der Waals surface area contributed by atoms with Crippen molar-refractivity contribution >= 4 is 15.8 Å². The minimum Gasteiger partial charge on any atom is -0.481 e. The van der Waals surface area contributed by atoms with Gasteiger partial charge in [-0.3, -0.25) is 4.79 Å². The van der Waals surface area contributed by atoms with Crippen LogP contribution < -0.4 is 0 Å². The lowest BCUT2D eigenvalue weighted by molar-refractivity contribution is -0.145. The molecule has 2 unspecified atom stereocenters. The van der Waals surface area contributed by atoms with Crippen LogP contribution in [0.5, 0.6) is 0 Å². The third-order valence-corrected chi connectivity index (χ3v) is 5.90. The topological polar surface area (TPSA) is 74.7 Å². The Labute approximate surface area is 109 Å². The van der Waals surface area contributed by atoms with Crippen molar-refractivity contribution in [1.29, 1.82) is 0 Å². The molecule has 1 aliphatic rings. The number of hydrogen-bond acceptors (Lipinski definition) is 4. The zero-order valence-corrected chi connectivity index (χ0v) is 12.1. The van der Waals surface area contributed by atoms with E-state index in [4.69, 9.17) is 5.11 Å². The molecule has 18 heavy (non-hydrogen) atoms. The largest absolute Gasteiger partial charge is 0.481 e. The van der Waals surface area contributed by atoms with Gasteiger partial charge in [-0.15, -0.1) is 0 Å². The van der Waals surface area contributed by atoms with Crippen molar-refractivity contribution in [2.45, 2.75) is 32.4 Å². The van der Waals surface area contributed by atoms with Gasteiger partial charge in [0.05, 0.1) is 16.9 Å². The molecule has 1 N–H and O–H groups in total. The second kappa shape index (κ2) is 6.02. The van der Waals surface area contributed by atoms with Crippen LogP contribution in [0.25, 0.3) is 0 Å². The molecule has 1 rings (SSSR count). The smallest absolute Gasteiger partial charge is 0.306 e. The van der Waals surface area contributed by atoms with Crippen LogP contribution >= 0.6 is 0 Å². The molecule has 0 saturated carbocycles. The van der Waals surface area contributed by atoms with Crippen molar-refractivity contribution in [3.63, 3.8) is 0 Å². The van der Waals surface area contributed by atoms with E-state index in [2.05, 4.69) is 4.90 Å². The van der Waals surface area contributed by atoms with E-state index in [0.29, 0.717) is 26.1 Å². The maximum Gasteiger partial charge on any atom is 0.306 e. The molecule has 0 bridgehead atoms. The van der Waals surface area contributed by atoms with E-state index in [0.717, 1.165) is 0 Å². The van der Waals surface area contributed by atoms with E-state index in [1.165, 1.54) is 0 Å². The summed E-state index contributed by atoms with van der Waals surface area (Å²) in [5.41, 5.74) is 0. The Morgan fingerprint density at radius 2 is 2.06 bits per heavy atom. The Morgan fingerprint density at radius 3 is 2.50 bits per heavy atom. The first-order chi connectivity index (χ1) is 8.24. The van der Waals surface area contributed by atoms with Crippen LogP contribution in [0.2, 0.25) is 0 Å². The second-order valence-electron chi connectivity index (χ2n) is 5.43. The lowest BCUT2D eigenvalue weighted by atomic mass is 9.87. The van der Waals surface area contributed by atoms with Gasteiger partial charge >= 0.3 is 5.97 Å². The van der Waals surface area contributed by atoms with Gasteiger partial charge in [0.15, 0.2) is 9.84 Å². The van der Waals surface area contributed by atoms with Crippen LogP contribution in [-0.4, -0.2) is 55.0 Å². The van der Waals surface area contributed by atoms with E-state index < -0.39 is 15.8 Å². The first kappa shape index (κ1) is 15.4. The summed E-state index contributed by atoms with van der Waals surface area (Å²) in [5, 5.41) is 8.67. The van der Waals surface area contributed by atoms with Crippen LogP contribution in [0, 0.1) is 11.8 Å². The molecular weight excluding hydrogens is 254 g/mol.